The average Bonchev–Trinajstić information content (AvgIpc) is 0. The smallest absolute Gasteiger partial charge is 1.00 e. The number of halogens is 8. The number of rotatable bonds is 0. The quantitative estimate of drug-likeness (QED) is 0.392. The van der Waals surface area contributed by atoms with Crippen molar-refractivity contribution in [1.82, 2.24) is 0 Å². The Bertz CT molecular complexity index is 12.1. The van der Waals surface area contributed by atoms with E-state index in [1.807, 2.05) is 0 Å². The maximum Gasteiger partial charge on any atom is 2.00 e. The second kappa shape index (κ2) is 10000. The SMILES string of the molecule is F.F.F.F.F.F.F.F.[H-].[H-].[Mg+2]. The molecule has 0 radical (unpaired) electrons. The van der Waals surface area contributed by atoms with Crippen LogP contribution in [0.4, 0.5) is 37.6 Å². The van der Waals surface area contributed by atoms with Crippen molar-refractivity contribution in [3.05, 3.63) is 0 Å². The minimum atomic E-state index is 0. The van der Waals surface area contributed by atoms with E-state index >= 15 is 0 Å². The van der Waals surface area contributed by atoms with Gasteiger partial charge in [-0.15, -0.1) is 0 Å². The predicted molar refractivity (Wildman–Crippen MR) is 28.0 cm³/mol. The van der Waals surface area contributed by atoms with E-state index in [1.165, 1.54) is 0 Å². The predicted octanol–water partition coefficient (Wildman–Crippen LogP) is 1.06. The Balaban J connectivity index is 0. The third-order valence-electron chi connectivity index (χ3n) is 0. The molecule has 0 fully saturated rings. The monoisotopic (exact) mass is 186 g/mol. The van der Waals surface area contributed by atoms with Gasteiger partial charge in [-0.3, -0.25) is 37.6 Å². The van der Waals surface area contributed by atoms with Gasteiger partial charge in [-0.25, -0.2) is 0 Å². The maximum absolute atomic E-state index is 0. The first-order valence-corrected chi connectivity index (χ1v) is 0. The van der Waals surface area contributed by atoms with Gasteiger partial charge in [-0.2, -0.15) is 0 Å². The van der Waals surface area contributed by atoms with Crippen LogP contribution in [-0.2, 0) is 0 Å². The standard InChI is InChI=1S/8FH.Mg.2H/h8*1H;;;/q;;;;;;;;+2;2*-1. The normalized spacial score (nSPS) is 0. The molecule has 0 aromatic heterocycles. The number of hydrogen-bond donors (Lipinski definition) is 0. The Morgan fingerprint density at radius 1 is 0.333 bits per heavy atom. The summed E-state index contributed by atoms with van der Waals surface area (Å²) >= 11 is 0. The van der Waals surface area contributed by atoms with E-state index in [4.69, 9.17) is 0 Å². The van der Waals surface area contributed by atoms with Crippen molar-refractivity contribution in [2.24, 2.45) is 0 Å². The van der Waals surface area contributed by atoms with Gasteiger partial charge in [0.1, 0.15) is 0 Å². The fourth-order valence-electron chi connectivity index (χ4n) is 0. The molecule has 0 spiro atoms. The van der Waals surface area contributed by atoms with Crippen LogP contribution in [0.25, 0.3) is 0 Å². The van der Waals surface area contributed by atoms with Crippen LogP contribution in [0.2, 0.25) is 0 Å². The summed E-state index contributed by atoms with van der Waals surface area (Å²) in [5.74, 6) is 0. The van der Waals surface area contributed by atoms with E-state index in [-0.39, 0.29) is 63.5 Å². The van der Waals surface area contributed by atoms with Crippen LogP contribution in [0, 0.1) is 0 Å². The van der Waals surface area contributed by atoms with Crippen LogP contribution < -0.4 is 0 Å². The molecule has 0 aliphatic carbocycles. The summed E-state index contributed by atoms with van der Waals surface area (Å²) in [5, 5.41) is 0. The molecule has 0 amide bonds. The van der Waals surface area contributed by atoms with Crippen LogP contribution in [0.15, 0.2) is 0 Å². The summed E-state index contributed by atoms with van der Waals surface area (Å²) < 4.78 is 0. The molecule has 68 valence electrons. The summed E-state index contributed by atoms with van der Waals surface area (Å²) in [6.07, 6.45) is 0. The van der Waals surface area contributed by atoms with Gasteiger partial charge in [0.05, 0.1) is 0 Å². The molecule has 0 aliphatic rings. The molecule has 0 bridgehead atoms. The molecular formula is H10F8Mg. The molecule has 0 saturated heterocycles. The molecule has 0 aromatic carbocycles. The van der Waals surface area contributed by atoms with E-state index in [0.29, 0.717) is 0 Å². The zero-order valence-corrected chi connectivity index (χ0v) is 5.39. The zero-order chi connectivity index (χ0) is 0. The second-order valence-electron chi connectivity index (χ2n) is 0. The first-order chi connectivity index (χ1) is 0. The largest absolute Gasteiger partial charge is 2.00 e. The van der Waals surface area contributed by atoms with E-state index in [2.05, 4.69) is 0 Å². The molecule has 0 N–H and O–H groups in total. The molecule has 0 unspecified atom stereocenters. The van der Waals surface area contributed by atoms with E-state index in [1.54, 1.807) is 0 Å². The molecule has 0 rings (SSSR count). The van der Waals surface area contributed by atoms with Crippen molar-refractivity contribution in [3.63, 3.8) is 0 Å². The summed E-state index contributed by atoms with van der Waals surface area (Å²) in [6.45, 7) is 0. The molecule has 0 heterocycles. The molecule has 0 saturated carbocycles. The zero-order valence-electron chi connectivity index (χ0n) is 5.97. The minimum absolute atomic E-state index is 0. The van der Waals surface area contributed by atoms with Crippen LogP contribution in [-0.4, -0.2) is 23.1 Å². The van der Waals surface area contributed by atoms with Crippen molar-refractivity contribution in [2.45, 2.75) is 0 Å². The molecular weight excluding hydrogens is 176 g/mol. The fourth-order valence-corrected chi connectivity index (χ4v) is 0. The molecule has 0 aromatic rings. The van der Waals surface area contributed by atoms with Crippen molar-refractivity contribution < 1.29 is 40.5 Å². The van der Waals surface area contributed by atoms with Crippen LogP contribution >= 0.6 is 0 Å². The van der Waals surface area contributed by atoms with Gasteiger partial charge < -0.3 is 2.85 Å². The molecule has 9 heteroatoms. The Morgan fingerprint density at radius 3 is 0.333 bits per heavy atom. The van der Waals surface area contributed by atoms with Gasteiger partial charge in [-0.1, -0.05) is 0 Å². The first kappa shape index (κ1) is 14600. The topological polar surface area (TPSA) is 0 Å². The van der Waals surface area contributed by atoms with Crippen LogP contribution in [0.5, 0.6) is 0 Å². The third kappa shape index (κ3) is 7430. The first-order valence-electron chi connectivity index (χ1n) is 0. The van der Waals surface area contributed by atoms with E-state index < -0.39 is 0 Å². The minimum Gasteiger partial charge on any atom is -1.00 e. The molecule has 9 heavy (non-hydrogen) atoms. The van der Waals surface area contributed by atoms with E-state index in [0.717, 1.165) is 0 Å². The van der Waals surface area contributed by atoms with Gasteiger partial charge in [0.2, 0.25) is 0 Å². The summed E-state index contributed by atoms with van der Waals surface area (Å²) in [4.78, 5) is 0. The summed E-state index contributed by atoms with van der Waals surface area (Å²) in [5.41, 5.74) is 0. The summed E-state index contributed by atoms with van der Waals surface area (Å²) in [7, 11) is 0. The van der Waals surface area contributed by atoms with Gasteiger partial charge >= 0.3 is 23.1 Å². The van der Waals surface area contributed by atoms with Crippen molar-refractivity contribution >= 4 is 23.1 Å². The van der Waals surface area contributed by atoms with Crippen LogP contribution in [0.1, 0.15) is 2.85 Å². The Kier molecular flexibility index (Phi) is 16200000. The molecule has 0 aliphatic heterocycles. The van der Waals surface area contributed by atoms with Crippen molar-refractivity contribution in [3.8, 4) is 0 Å². The van der Waals surface area contributed by atoms with E-state index in [9.17, 15) is 0 Å². The molecule has 0 nitrogen and oxygen atoms in total. The van der Waals surface area contributed by atoms with Crippen LogP contribution in [0.3, 0.4) is 0 Å². The second-order valence-corrected chi connectivity index (χ2v) is 0. The third-order valence-corrected chi connectivity index (χ3v) is 0. The maximum atomic E-state index is 0. The van der Waals surface area contributed by atoms with Crippen molar-refractivity contribution in [2.75, 3.05) is 0 Å². The molecule has 0 atom stereocenters. The van der Waals surface area contributed by atoms with Gasteiger partial charge in [0.25, 0.3) is 0 Å². The Morgan fingerprint density at radius 2 is 0.333 bits per heavy atom. The van der Waals surface area contributed by atoms with Gasteiger partial charge in [-0.05, 0) is 0 Å². The van der Waals surface area contributed by atoms with Gasteiger partial charge in [0, 0.05) is 0 Å². The number of hydrogen-bond acceptors (Lipinski definition) is 0. The average molecular weight is 186 g/mol. The fraction of sp³-hybridized carbons (Fsp3) is 0. The van der Waals surface area contributed by atoms with Gasteiger partial charge in [0.15, 0.2) is 0 Å². The summed E-state index contributed by atoms with van der Waals surface area (Å²) in [6, 6.07) is 0. The van der Waals surface area contributed by atoms with Crippen molar-refractivity contribution in [1.29, 1.82) is 0 Å². The Hall–Kier alpha value is 0.206. The Labute approximate surface area is 64.4 Å².